The largest absolute Gasteiger partial charge is 0.334 e. The zero-order valence-electron chi connectivity index (χ0n) is 15.5. The molecule has 9 heteroatoms. The molecular weight excluding hydrogens is 374 g/mol. The van der Waals surface area contributed by atoms with E-state index in [1.54, 1.807) is 12.5 Å². The highest BCUT2D eigenvalue weighted by Crippen LogP contribution is 2.25. The van der Waals surface area contributed by atoms with Gasteiger partial charge >= 0.3 is 0 Å². The van der Waals surface area contributed by atoms with Gasteiger partial charge in [0, 0.05) is 19.3 Å². The fraction of sp³-hybridized carbons (Fsp3) is 0.211. The first-order chi connectivity index (χ1) is 13.7. The standard InChI is InChI=1S/C19H19N7OS/c1-3-26-18(14-9-16-15(10-20-14)21-12-25(16)2)23-24-19(26)28-11-17(27)22-13-7-5-4-6-8-13/h4-10,12H,3,11H2,1-2H3,(H,22,27). The predicted octanol–water partition coefficient (Wildman–Crippen LogP) is 2.98. The minimum atomic E-state index is -0.0853. The molecule has 0 atom stereocenters. The molecule has 1 amide bonds. The Balaban J connectivity index is 1.52. The first-order valence-electron chi connectivity index (χ1n) is 8.84. The van der Waals surface area contributed by atoms with E-state index in [2.05, 4.69) is 25.5 Å². The Hall–Kier alpha value is -3.20. The number of aryl methyl sites for hydroxylation is 1. The van der Waals surface area contributed by atoms with Crippen LogP contribution in [0.3, 0.4) is 0 Å². The van der Waals surface area contributed by atoms with Gasteiger partial charge in [0.25, 0.3) is 0 Å². The summed E-state index contributed by atoms with van der Waals surface area (Å²) in [5.41, 5.74) is 3.32. The number of imidazole rings is 1. The molecule has 4 rings (SSSR count). The second-order valence-electron chi connectivity index (χ2n) is 6.17. The number of thioether (sulfide) groups is 1. The van der Waals surface area contributed by atoms with Crippen LogP contribution >= 0.6 is 11.8 Å². The molecular formula is C19H19N7OS. The first kappa shape index (κ1) is 18.2. The van der Waals surface area contributed by atoms with E-state index in [0.29, 0.717) is 17.5 Å². The molecule has 0 aliphatic heterocycles. The maximum Gasteiger partial charge on any atom is 0.234 e. The quantitative estimate of drug-likeness (QED) is 0.507. The van der Waals surface area contributed by atoms with Crippen molar-refractivity contribution in [3.8, 4) is 11.5 Å². The van der Waals surface area contributed by atoms with Crippen LogP contribution in [0.15, 0.2) is 54.1 Å². The van der Waals surface area contributed by atoms with Crippen LogP contribution in [0.2, 0.25) is 0 Å². The van der Waals surface area contributed by atoms with Crippen LogP contribution in [-0.2, 0) is 18.4 Å². The van der Waals surface area contributed by atoms with Gasteiger partial charge in [-0.2, -0.15) is 0 Å². The maximum absolute atomic E-state index is 12.2. The van der Waals surface area contributed by atoms with Crippen LogP contribution in [-0.4, -0.2) is 41.0 Å². The number of carbonyl (C=O) groups excluding carboxylic acids is 1. The molecule has 3 aromatic heterocycles. The van der Waals surface area contributed by atoms with E-state index in [9.17, 15) is 4.79 Å². The second kappa shape index (κ2) is 7.81. The molecule has 0 unspecified atom stereocenters. The third-order valence-electron chi connectivity index (χ3n) is 4.26. The van der Waals surface area contributed by atoms with Crippen molar-refractivity contribution in [3.05, 3.63) is 48.9 Å². The van der Waals surface area contributed by atoms with Crippen molar-refractivity contribution in [2.75, 3.05) is 11.1 Å². The fourth-order valence-electron chi connectivity index (χ4n) is 2.87. The highest BCUT2D eigenvalue weighted by Gasteiger charge is 2.16. The van der Waals surface area contributed by atoms with Gasteiger partial charge in [-0.15, -0.1) is 10.2 Å². The number of carbonyl (C=O) groups is 1. The first-order valence-corrected chi connectivity index (χ1v) is 9.82. The molecule has 0 saturated heterocycles. The Morgan fingerprint density at radius 1 is 1.18 bits per heavy atom. The molecule has 1 N–H and O–H groups in total. The van der Waals surface area contributed by atoms with Gasteiger partial charge in [-0.05, 0) is 25.1 Å². The SMILES string of the molecule is CCn1c(SCC(=O)Nc2ccccc2)nnc1-c1cc2c(cn1)ncn2C. The lowest BCUT2D eigenvalue weighted by atomic mass is 10.3. The Kier molecular flexibility index (Phi) is 5.07. The van der Waals surface area contributed by atoms with E-state index in [4.69, 9.17) is 0 Å². The number of amides is 1. The average molecular weight is 393 g/mol. The molecule has 0 saturated carbocycles. The van der Waals surface area contributed by atoms with Crippen molar-refractivity contribution in [2.24, 2.45) is 7.05 Å². The summed E-state index contributed by atoms with van der Waals surface area (Å²) in [5, 5.41) is 12.1. The van der Waals surface area contributed by atoms with E-state index in [1.165, 1.54) is 11.8 Å². The minimum absolute atomic E-state index is 0.0853. The van der Waals surface area contributed by atoms with Gasteiger partial charge in [0.05, 0.1) is 23.8 Å². The lowest BCUT2D eigenvalue weighted by Crippen LogP contribution is -2.14. The van der Waals surface area contributed by atoms with Gasteiger partial charge in [-0.1, -0.05) is 30.0 Å². The van der Waals surface area contributed by atoms with Crippen LogP contribution in [0.4, 0.5) is 5.69 Å². The number of rotatable bonds is 6. The summed E-state index contributed by atoms with van der Waals surface area (Å²) in [6, 6.07) is 11.3. The molecule has 8 nitrogen and oxygen atoms in total. The van der Waals surface area contributed by atoms with E-state index in [1.807, 2.05) is 59.5 Å². The number of hydrogen-bond donors (Lipinski definition) is 1. The minimum Gasteiger partial charge on any atom is -0.334 e. The summed E-state index contributed by atoms with van der Waals surface area (Å²) in [6.07, 6.45) is 3.49. The highest BCUT2D eigenvalue weighted by atomic mass is 32.2. The number of benzene rings is 1. The number of fused-ring (bicyclic) bond motifs is 1. The summed E-state index contributed by atoms with van der Waals surface area (Å²) < 4.78 is 3.90. The summed E-state index contributed by atoms with van der Waals surface area (Å²) in [7, 11) is 1.94. The van der Waals surface area contributed by atoms with Crippen molar-refractivity contribution in [3.63, 3.8) is 0 Å². The Morgan fingerprint density at radius 3 is 2.79 bits per heavy atom. The van der Waals surface area contributed by atoms with Gasteiger partial charge < -0.3 is 14.5 Å². The molecule has 0 spiro atoms. The Labute approximate surface area is 166 Å². The fourth-order valence-corrected chi connectivity index (χ4v) is 3.67. The van der Waals surface area contributed by atoms with Gasteiger partial charge in [0.15, 0.2) is 11.0 Å². The van der Waals surface area contributed by atoms with E-state index >= 15 is 0 Å². The van der Waals surface area contributed by atoms with Crippen molar-refractivity contribution in [2.45, 2.75) is 18.6 Å². The van der Waals surface area contributed by atoms with Gasteiger partial charge in [0.1, 0.15) is 11.2 Å². The maximum atomic E-state index is 12.2. The molecule has 142 valence electrons. The molecule has 1 aromatic carbocycles. The normalized spacial score (nSPS) is 11.1. The van der Waals surface area contributed by atoms with Crippen LogP contribution in [0, 0.1) is 0 Å². The number of anilines is 1. The van der Waals surface area contributed by atoms with Crippen molar-refractivity contribution in [1.82, 2.24) is 29.3 Å². The average Bonchev–Trinajstić information content (AvgIpc) is 3.30. The topological polar surface area (TPSA) is 90.5 Å². The second-order valence-corrected chi connectivity index (χ2v) is 7.11. The van der Waals surface area contributed by atoms with Crippen LogP contribution in [0.5, 0.6) is 0 Å². The molecule has 3 heterocycles. The third kappa shape index (κ3) is 3.61. The zero-order valence-corrected chi connectivity index (χ0v) is 16.3. The molecule has 0 aliphatic rings. The molecule has 0 fully saturated rings. The molecule has 28 heavy (non-hydrogen) atoms. The monoisotopic (exact) mass is 393 g/mol. The number of aromatic nitrogens is 6. The summed E-state index contributed by atoms with van der Waals surface area (Å²) >= 11 is 1.35. The molecule has 0 aliphatic carbocycles. The summed E-state index contributed by atoms with van der Waals surface area (Å²) in [4.78, 5) is 21.0. The summed E-state index contributed by atoms with van der Waals surface area (Å²) in [6.45, 7) is 2.69. The van der Waals surface area contributed by atoms with Gasteiger partial charge in [0.2, 0.25) is 5.91 Å². The van der Waals surface area contributed by atoms with Crippen molar-refractivity contribution >= 4 is 34.4 Å². The van der Waals surface area contributed by atoms with Crippen molar-refractivity contribution < 1.29 is 4.79 Å². The number of pyridine rings is 1. The van der Waals surface area contributed by atoms with Crippen LogP contribution in [0.1, 0.15) is 6.92 Å². The van der Waals surface area contributed by atoms with E-state index in [-0.39, 0.29) is 11.7 Å². The summed E-state index contributed by atoms with van der Waals surface area (Å²) in [5.74, 6) is 0.843. The van der Waals surface area contributed by atoms with Gasteiger partial charge in [-0.25, -0.2) is 4.98 Å². The smallest absolute Gasteiger partial charge is 0.234 e. The predicted molar refractivity (Wildman–Crippen MR) is 109 cm³/mol. The highest BCUT2D eigenvalue weighted by molar-refractivity contribution is 7.99. The van der Waals surface area contributed by atoms with Gasteiger partial charge in [-0.3, -0.25) is 9.78 Å². The Bertz CT molecular complexity index is 1120. The number of para-hydroxylation sites is 1. The van der Waals surface area contributed by atoms with E-state index < -0.39 is 0 Å². The third-order valence-corrected chi connectivity index (χ3v) is 5.23. The van der Waals surface area contributed by atoms with Crippen LogP contribution in [0.25, 0.3) is 22.6 Å². The number of nitrogens with zero attached hydrogens (tertiary/aromatic N) is 6. The molecule has 0 radical (unpaired) electrons. The Morgan fingerprint density at radius 2 is 2.00 bits per heavy atom. The number of nitrogens with one attached hydrogen (secondary N) is 1. The zero-order chi connectivity index (χ0) is 19.5. The lowest BCUT2D eigenvalue weighted by Gasteiger charge is -2.08. The molecule has 4 aromatic rings. The lowest BCUT2D eigenvalue weighted by molar-refractivity contribution is -0.113. The molecule has 0 bridgehead atoms. The van der Waals surface area contributed by atoms with E-state index in [0.717, 1.165) is 22.4 Å². The van der Waals surface area contributed by atoms with Crippen LogP contribution < -0.4 is 5.32 Å². The number of hydrogen-bond acceptors (Lipinski definition) is 6. The van der Waals surface area contributed by atoms with Crippen molar-refractivity contribution in [1.29, 1.82) is 0 Å².